The molecule has 0 unspecified atom stereocenters. The van der Waals surface area contributed by atoms with E-state index >= 15 is 0 Å². The van der Waals surface area contributed by atoms with Gasteiger partial charge in [0.1, 0.15) is 0 Å². The molecular formula is C16H26N2O2S. The molecule has 1 aromatic carbocycles. The predicted octanol–water partition coefficient (Wildman–Crippen LogP) is 2.57. The van der Waals surface area contributed by atoms with E-state index in [1.807, 2.05) is 19.9 Å². The summed E-state index contributed by atoms with van der Waals surface area (Å²) >= 11 is 0. The molecule has 0 radical (unpaired) electrons. The van der Waals surface area contributed by atoms with E-state index in [0.29, 0.717) is 23.9 Å². The molecule has 0 spiro atoms. The fourth-order valence-electron chi connectivity index (χ4n) is 3.19. The maximum atomic E-state index is 12.8. The van der Waals surface area contributed by atoms with Crippen LogP contribution in [0.3, 0.4) is 0 Å². The van der Waals surface area contributed by atoms with Crippen LogP contribution >= 0.6 is 0 Å². The van der Waals surface area contributed by atoms with Gasteiger partial charge in [-0.05, 0) is 55.4 Å². The molecule has 1 aliphatic rings. The molecule has 0 aromatic heterocycles. The molecule has 1 aliphatic carbocycles. The first-order valence-electron chi connectivity index (χ1n) is 7.62. The highest BCUT2D eigenvalue weighted by Crippen LogP contribution is 2.28. The molecule has 1 fully saturated rings. The Morgan fingerprint density at radius 3 is 2.38 bits per heavy atom. The Kier molecular flexibility index (Phi) is 5.07. The van der Waals surface area contributed by atoms with Gasteiger partial charge in [-0.2, -0.15) is 0 Å². The number of hydrogen-bond acceptors (Lipinski definition) is 3. The van der Waals surface area contributed by atoms with Crippen molar-refractivity contribution in [2.75, 3.05) is 13.6 Å². The lowest BCUT2D eigenvalue weighted by Gasteiger charge is -2.22. The van der Waals surface area contributed by atoms with Gasteiger partial charge in [0.15, 0.2) is 0 Å². The zero-order valence-corrected chi connectivity index (χ0v) is 14.0. The van der Waals surface area contributed by atoms with Crippen molar-refractivity contribution in [3.63, 3.8) is 0 Å². The fraction of sp³-hybridized carbons (Fsp3) is 0.625. The Labute approximate surface area is 128 Å². The minimum atomic E-state index is -3.43. The van der Waals surface area contributed by atoms with Gasteiger partial charge in [0.25, 0.3) is 0 Å². The monoisotopic (exact) mass is 310 g/mol. The van der Waals surface area contributed by atoms with Crippen molar-refractivity contribution in [1.82, 2.24) is 4.31 Å². The van der Waals surface area contributed by atoms with E-state index < -0.39 is 10.0 Å². The summed E-state index contributed by atoms with van der Waals surface area (Å²) in [4.78, 5) is 0.397. The Balaban J connectivity index is 2.29. The lowest BCUT2D eigenvalue weighted by atomic mass is 10.1. The third kappa shape index (κ3) is 3.47. The molecule has 21 heavy (non-hydrogen) atoms. The van der Waals surface area contributed by atoms with Crippen molar-refractivity contribution in [1.29, 1.82) is 0 Å². The molecule has 2 N–H and O–H groups in total. The molecule has 0 bridgehead atoms. The second kappa shape index (κ2) is 6.46. The zero-order valence-electron chi connectivity index (χ0n) is 13.2. The highest BCUT2D eigenvalue weighted by atomic mass is 32.2. The molecule has 2 rings (SSSR count). The van der Waals surface area contributed by atoms with E-state index in [1.165, 1.54) is 17.1 Å². The fourth-order valence-corrected chi connectivity index (χ4v) is 4.69. The first kappa shape index (κ1) is 16.5. The van der Waals surface area contributed by atoms with Crippen LogP contribution in [0.5, 0.6) is 0 Å². The van der Waals surface area contributed by atoms with E-state index in [2.05, 4.69) is 0 Å². The van der Waals surface area contributed by atoms with Gasteiger partial charge in [-0.1, -0.05) is 18.9 Å². The van der Waals surface area contributed by atoms with Crippen molar-refractivity contribution in [3.05, 3.63) is 28.8 Å². The normalized spacial score (nSPS) is 16.8. The highest BCUT2D eigenvalue weighted by Gasteiger charge is 2.27. The van der Waals surface area contributed by atoms with Crippen LogP contribution in [0.2, 0.25) is 0 Å². The summed E-state index contributed by atoms with van der Waals surface area (Å²) in [5, 5.41) is 0. The van der Waals surface area contributed by atoms with Crippen molar-refractivity contribution < 1.29 is 8.42 Å². The van der Waals surface area contributed by atoms with Gasteiger partial charge in [-0.15, -0.1) is 0 Å². The van der Waals surface area contributed by atoms with Crippen LogP contribution < -0.4 is 5.73 Å². The predicted molar refractivity (Wildman–Crippen MR) is 85.6 cm³/mol. The van der Waals surface area contributed by atoms with Crippen LogP contribution in [0.4, 0.5) is 0 Å². The van der Waals surface area contributed by atoms with Crippen LogP contribution in [0.15, 0.2) is 17.0 Å². The minimum absolute atomic E-state index is 0.362. The Morgan fingerprint density at radius 1 is 1.19 bits per heavy atom. The van der Waals surface area contributed by atoms with Gasteiger partial charge >= 0.3 is 0 Å². The lowest BCUT2D eigenvalue weighted by molar-refractivity contribution is 0.387. The van der Waals surface area contributed by atoms with Crippen LogP contribution in [0, 0.1) is 19.8 Å². The van der Waals surface area contributed by atoms with Gasteiger partial charge in [0.05, 0.1) is 4.90 Å². The average Bonchev–Trinajstić information content (AvgIpc) is 2.91. The molecule has 5 heteroatoms. The molecule has 0 amide bonds. The molecular weight excluding hydrogens is 284 g/mol. The third-order valence-electron chi connectivity index (χ3n) is 4.53. The summed E-state index contributed by atoms with van der Waals surface area (Å²) < 4.78 is 27.1. The lowest BCUT2D eigenvalue weighted by Crippen LogP contribution is -2.31. The number of hydrogen-bond donors (Lipinski definition) is 1. The average molecular weight is 310 g/mol. The molecule has 1 saturated carbocycles. The number of aryl methyl sites for hydroxylation is 2. The quantitative estimate of drug-likeness (QED) is 0.909. The summed E-state index contributed by atoms with van der Waals surface area (Å²) in [5.41, 5.74) is 8.45. The number of nitrogens with zero attached hydrogens (tertiary/aromatic N) is 1. The summed E-state index contributed by atoms with van der Waals surface area (Å²) in [7, 11) is -1.74. The topological polar surface area (TPSA) is 63.4 Å². The summed E-state index contributed by atoms with van der Waals surface area (Å²) in [6, 6.07) is 3.66. The smallest absolute Gasteiger partial charge is 0.243 e. The van der Waals surface area contributed by atoms with E-state index in [-0.39, 0.29) is 0 Å². The van der Waals surface area contributed by atoms with Crippen LogP contribution in [0.25, 0.3) is 0 Å². The molecule has 0 saturated heterocycles. The maximum absolute atomic E-state index is 12.8. The SMILES string of the molecule is Cc1cc(C)c(S(=O)(=O)N(C)CC2CCCC2)cc1CN. The Morgan fingerprint density at radius 2 is 1.81 bits per heavy atom. The van der Waals surface area contributed by atoms with Gasteiger partial charge in [0.2, 0.25) is 10.0 Å². The molecule has 118 valence electrons. The molecule has 4 nitrogen and oxygen atoms in total. The highest BCUT2D eigenvalue weighted by molar-refractivity contribution is 7.89. The van der Waals surface area contributed by atoms with Crippen molar-refractivity contribution in [3.8, 4) is 0 Å². The van der Waals surface area contributed by atoms with Crippen molar-refractivity contribution in [2.45, 2.75) is 51.0 Å². The van der Waals surface area contributed by atoms with Gasteiger partial charge in [-0.3, -0.25) is 0 Å². The van der Waals surface area contributed by atoms with Crippen LogP contribution in [0.1, 0.15) is 42.4 Å². The minimum Gasteiger partial charge on any atom is -0.326 e. The van der Waals surface area contributed by atoms with Gasteiger partial charge in [-0.25, -0.2) is 12.7 Å². The number of benzene rings is 1. The van der Waals surface area contributed by atoms with Crippen molar-refractivity contribution in [2.24, 2.45) is 11.7 Å². The molecule has 0 heterocycles. The standard InChI is InChI=1S/C16H26N2O2S/c1-12-8-13(2)16(9-15(12)10-17)21(19,20)18(3)11-14-6-4-5-7-14/h8-9,14H,4-7,10-11,17H2,1-3H3. The number of sulfonamides is 1. The Bertz CT molecular complexity index is 605. The zero-order chi connectivity index (χ0) is 15.6. The largest absolute Gasteiger partial charge is 0.326 e. The number of nitrogens with two attached hydrogens (primary N) is 1. The maximum Gasteiger partial charge on any atom is 0.243 e. The molecule has 0 atom stereocenters. The second-order valence-corrected chi connectivity index (χ2v) is 8.20. The molecule has 0 aliphatic heterocycles. The third-order valence-corrected chi connectivity index (χ3v) is 6.50. The van der Waals surface area contributed by atoms with E-state index in [0.717, 1.165) is 29.5 Å². The van der Waals surface area contributed by atoms with Gasteiger partial charge in [0, 0.05) is 20.1 Å². The number of rotatable bonds is 5. The van der Waals surface area contributed by atoms with E-state index in [9.17, 15) is 8.42 Å². The van der Waals surface area contributed by atoms with Crippen LogP contribution in [-0.2, 0) is 16.6 Å². The summed E-state index contributed by atoms with van der Waals surface area (Å²) in [6.45, 7) is 4.80. The molecule has 1 aromatic rings. The van der Waals surface area contributed by atoms with Crippen LogP contribution in [-0.4, -0.2) is 26.3 Å². The Hall–Kier alpha value is -0.910. The second-order valence-electron chi connectivity index (χ2n) is 6.18. The van der Waals surface area contributed by atoms with E-state index in [4.69, 9.17) is 5.73 Å². The van der Waals surface area contributed by atoms with Gasteiger partial charge < -0.3 is 5.73 Å². The van der Waals surface area contributed by atoms with E-state index in [1.54, 1.807) is 13.1 Å². The first-order chi connectivity index (χ1) is 9.86. The first-order valence-corrected chi connectivity index (χ1v) is 9.06. The van der Waals surface area contributed by atoms with Crippen molar-refractivity contribution >= 4 is 10.0 Å². The summed E-state index contributed by atoms with van der Waals surface area (Å²) in [5.74, 6) is 0.504. The summed E-state index contributed by atoms with van der Waals surface area (Å²) in [6.07, 6.45) is 4.72.